The lowest BCUT2D eigenvalue weighted by atomic mass is 9.89. The van der Waals surface area contributed by atoms with Crippen LogP contribution in [0.1, 0.15) is 41.8 Å². The molecule has 0 saturated heterocycles. The molecular weight excluding hydrogens is 390 g/mol. The van der Waals surface area contributed by atoms with Gasteiger partial charge in [-0.2, -0.15) is 0 Å². The summed E-state index contributed by atoms with van der Waals surface area (Å²) in [5.41, 5.74) is 8.27. The zero-order chi connectivity index (χ0) is 19.7. The van der Waals surface area contributed by atoms with Crippen LogP contribution in [-0.4, -0.2) is 15.1 Å². The van der Waals surface area contributed by atoms with Crippen molar-refractivity contribution in [3.8, 4) is 11.3 Å². The van der Waals surface area contributed by atoms with Crippen molar-refractivity contribution < 1.29 is 5.11 Å². The summed E-state index contributed by atoms with van der Waals surface area (Å²) in [6.45, 7) is 4.16. The molecular formula is C22H22ClN3OS. The van der Waals surface area contributed by atoms with Gasteiger partial charge in [-0.25, -0.2) is 9.97 Å². The number of nitrogens with zero attached hydrogens (tertiary/aromatic N) is 2. The summed E-state index contributed by atoms with van der Waals surface area (Å²) in [6.07, 6.45) is 5.10. The van der Waals surface area contributed by atoms with Crippen molar-refractivity contribution in [3.63, 3.8) is 0 Å². The van der Waals surface area contributed by atoms with Crippen LogP contribution < -0.4 is 5.32 Å². The number of aliphatic hydroxyl groups excluding tert-OH is 1. The molecule has 2 heterocycles. The number of benzene rings is 1. The topological polar surface area (TPSA) is 58.0 Å². The largest absolute Gasteiger partial charge is 0.392 e. The Hall–Kier alpha value is -2.21. The van der Waals surface area contributed by atoms with Crippen molar-refractivity contribution >= 4 is 34.3 Å². The molecule has 2 N–H and O–H groups in total. The highest BCUT2D eigenvalue weighted by molar-refractivity contribution is 7.15. The molecule has 3 aromatic rings. The summed E-state index contributed by atoms with van der Waals surface area (Å²) < 4.78 is 0.738. The van der Waals surface area contributed by atoms with Gasteiger partial charge >= 0.3 is 0 Å². The van der Waals surface area contributed by atoms with Crippen molar-refractivity contribution in [2.45, 2.75) is 39.7 Å². The van der Waals surface area contributed by atoms with Crippen LogP contribution in [0.3, 0.4) is 0 Å². The number of halogens is 1. The molecule has 0 amide bonds. The number of hydrogen-bond donors (Lipinski definition) is 2. The highest BCUT2D eigenvalue weighted by atomic mass is 35.5. The Morgan fingerprint density at radius 3 is 2.54 bits per heavy atom. The standard InChI is InChI=1S/C22H22ClN3OS/c1-13-10-15(12-27)11-14(2)19(13)26-20(16-4-3-5-16)22-24-8-6-18(25-22)17-7-9-28-21(17)23/h6-11,26-27H,3-5,12H2,1-2H3. The van der Waals surface area contributed by atoms with E-state index in [0.29, 0.717) is 5.82 Å². The lowest BCUT2D eigenvalue weighted by molar-refractivity contribution is 0.281. The molecule has 28 heavy (non-hydrogen) atoms. The fraction of sp³-hybridized carbons (Fsp3) is 0.273. The average molecular weight is 412 g/mol. The fourth-order valence-electron chi connectivity index (χ4n) is 3.48. The second-order valence-corrected chi connectivity index (χ2v) is 8.61. The van der Waals surface area contributed by atoms with E-state index in [9.17, 15) is 5.11 Å². The first-order valence-electron chi connectivity index (χ1n) is 9.33. The Labute approximate surface area is 173 Å². The average Bonchev–Trinajstić information content (AvgIpc) is 3.08. The Bertz CT molecular complexity index is 1030. The number of aromatic nitrogens is 2. The fourth-order valence-corrected chi connectivity index (χ4v) is 4.42. The van der Waals surface area contributed by atoms with Gasteiger partial charge < -0.3 is 10.4 Å². The maximum absolute atomic E-state index is 9.46. The third-order valence-corrected chi connectivity index (χ3v) is 6.28. The van der Waals surface area contributed by atoms with Crippen LogP contribution in [0.4, 0.5) is 5.69 Å². The third kappa shape index (κ3) is 3.70. The minimum Gasteiger partial charge on any atom is -0.392 e. The van der Waals surface area contributed by atoms with E-state index in [1.54, 1.807) is 6.20 Å². The van der Waals surface area contributed by atoms with Gasteiger partial charge in [0.15, 0.2) is 5.82 Å². The summed E-state index contributed by atoms with van der Waals surface area (Å²) in [7, 11) is 0. The zero-order valence-electron chi connectivity index (χ0n) is 15.9. The van der Waals surface area contributed by atoms with Gasteiger partial charge in [-0.05, 0) is 72.9 Å². The summed E-state index contributed by atoms with van der Waals surface area (Å²) in [6, 6.07) is 7.92. The van der Waals surface area contributed by atoms with E-state index >= 15 is 0 Å². The quantitative estimate of drug-likeness (QED) is 0.542. The van der Waals surface area contributed by atoms with E-state index < -0.39 is 0 Å². The van der Waals surface area contributed by atoms with Gasteiger partial charge in [0, 0.05) is 17.4 Å². The molecule has 0 aliphatic heterocycles. The molecule has 2 aromatic heterocycles. The van der Waals surface area contributed by atoms with Gasteiger partial charge in [0.1, 0.15) is 4.34 Å². The molecule has 0 bridgehead atoms. The normalized spacial score (nSPS) is 13.4. The van der Waals surface area contributed by atoms with Crippen molar-refractivity contribution in [3.05, 3.63) is 68.3 Å². The molecule has 0 radical (unpaired) electrons. The number of aliphatic hydroxyl groups is 1. The second-order valence-electron chi connectivity index (χ2n) is 7.09. The van der Waals surface area contributed by atoms with Gasteiger partial charge in [0.25, 0.3) is 0 Å². The van der Waals surface area contributed by atoms with Gasteiger partial charge in [0.2, 0.25) is 0 Å². The molecule has 0 spiro atoms. The molecule has 1 aliphatic rings. The van der Waals surface area contributed by atoms with E-state index in [1.807, 2.05) is 29.6 Å². The molecule has 0 unspecified atom stereocenters. The molecule has 0 atom stereocenters. The maximum atomic E-state index is 9.46. The lowest BCUT2D eigenvalue weighted by Gasteiger charge is -2.24. The summed E-state index contributed by atoms with van der Waals surface area (Å²) >= 11 is 7.82. The van der Waals surface area contributed by atoms with Crippen LogP contribution >= 0.6 is 22.9 Å². The Morgan fingerprint density at radius 2 is 1.96 bits per heavy atom. The van der Waals surface area contributed by atoms with Crippen LogP contribution in [0.25, 0.3) is 17.0 Å². The Morgan fingerprint density at radius 1 is 1.21 bits per heavy atom. The second kappa shape index (κ2) is 8.03. The van der Waals surface area contributed by atoms with Crippen LogP contribution in [0.5, 0.6) is 0 Å². The van der Waals surface area contributed by atoms with Crippen molar-refractivity contribution in [2.24, 2.45) is 0 Å². The number of thiophene rings is 1. The lowest BCUT2D eigenvalue weighted by Crippen LogP contribution is -2.13. The molecule has 1 aliphatic carbocycles. The maximum Gasteiger partial charge on any atom is 0.176 e. The number of allylic oxidation sites excluding steroid dienone is 1. The van der Waals surface area contributed by atoms with E-state index in [1.165, 1.54) is 23.3 Å². The first kappa shape index (κ1) is 19.1. The van der Waals surface area contributed by atoms with Crippen LogP contribution in [0.2, 0.25) is 4.34 Å². The van der Waals surface area contributed by atoms with Gasteiger partial charge in [-0.1, -0.05) is 23.7 Å². The number of anilines is 1. The minimum absolute atomic E-state index is 0.0441. The number of nitrogens with one attached hydrogen (secondary N) is 1. The van der Waals surface area contributed by atoms with E-state index in [-0.39, 0.29) is 6.61 Å². The minimum atomic E-state index is 0.0441. The Balaban J connectivity index is 1.75. The van der Waals surface area contributed by atoms with E-state index in [2.05, 4.69) is 24.1 Å². The number of aryl methyl sites for hydroxylation is 2. The molecule has 1 aromatic carbocycles. The molecule has 4 rings (SSSR count). The van der Waals surface area contributed by atoms with Crippen molar-refractivity contribution in [1.29, 1.82) is 0 Å². The summed E-state index contributed by atoms with van der Waals surface area (Å²) in [5.74, 6) is 0.694. The van der Waals surface area contributed by atoms with Crippen LogP contribution in [0, 0.1) is 13.8 Å². The molecule has 4 nitrogen and oxygen atoms in total. The molecule has 6 heteroatoms. The smallest absolute Gasteiger partial charge is 0.176 e. The van der Waals surface area contributed by atoms with Crippen LogP contribution in [0.15, 0.2) is 41.4 Å². The molecule has 1 fully saturated rings. The zero-order valence-corrected chi connectivity index (χ0v) is 17.5. The first-order chi connectivity index (χ1) is 13.6. The van der Waals surface area contributed by atoms with E-state index in [0.717, 1.165) is 56.5 Å². The van der Waals surface area contributed by atoms with Crippen LogP contribution in [-0.2, 0) is 6.61 Å². The highest BCUT2D eigenvalue weighted by Gasteiger charge is 2.20. The third-order valence-electron chi connectivity index (χ3n) is 5.11. The predicted molar refractivity (Wildman–Crippen MR) is 117 cm³/mol. The van der Waals surface area contributed by atoms with E-state index in [4.69, 9.17) is 16.6 Å². The van der Waals surface area contributed by atoms with Gasteiger partial charge in [0.05, 0.1) is 18.0 Å². The monoisotopic (exact) mass is 411 g/mol. The van der Waals surface area contributed by atoms with Gasteiger partial charge in [-0.3, -0.25) is 0 Å². The number of rotatable bonds is 5. The Kier molecular flexibility index (Phi) is 5.49. The van der Waals surface area contributed by atoms with Crippen molar-refractivity contribution in [2.75, 3.05) is 5.32 Å². The summed E-state index contributed by atoms with van der Waals surface area (Å²) in [5, 5.41) is 15.0. The molecule has 1 saturated carbocycles. The first-order valence-corrected chi connectivity index (χ1v) is 10.6. The van der Waals surface area contributed by atoms with Crippen molar-refractivity contribution in [1.82, 2.24) is 9.97 Å². The SMILES string of the molecule is Cc1cc(CO)cc(C)c1NC(=C1CCC1)c1nccc(-c2ccsc2Cl)n1. The van der Waals surface area contributed by atoms with Gasteiger partial charge in [-0.15, -0.1) is 11.3 Å². The molecule has 144 valence electrons. The predicted octanol–water partition coefficient (Wildman–Crippen LogP) is 5.97. The highest BCUT2D eigenvalue weighted by Crippen LogP contribution is 2.36. The number of hydrogen-bond acceptors (Lipinski definition) is 5. The summed E-state index contributed by atoms with van der Waals surface area (Å²) in [4.78, 5) is 9.38.